The lowest BCUT2D eigenvalue weighted by Crippen LogP contribution is -2.09. The number of hydrogen-bond donors (Lipinski definition) is 1. The Hall–Kier alpha value is -1.15. The van der Waals surface area contributed by atoms with Crippen LogP contribution in [-0.2, 0) is 6.42 Å². The van der Waals surface area contributed by atoms with Crippen LogP contribution in [0.4, 0.5) is 0 Å². The number of aromatic nitrogens is 1. The summed E-state index contributed by atoms with van der Waals surface area (Å²) in [6.45, 7) is 10.3. The Bertz CT molecular complexity index is 350. The Labute approximate surface area is 91.7 Å². The van der Waals surface area contributed by atoms with E-state index in [1.807, 2.05) is 12.1 Å². The number of rotatable bonds is 3. The van der Waals surface area contributed by atoms with Gasteiger partial charge in [-0.15, -0.1) is 0 Å². The smallest absolute Gasteiger partial charge is 0.0697 e. The Morgan fingerprint density at radius 3 is 2.67 bits per heavy atom. The summed E-state index contributed by atoms with van der Waals surface area (Å²) in [5.74, 6) is 0. The van der Waals surface area contributed by atoms with E-state index in [0.717, 1.165) is 12.1 Å². The Morgan fingerprint density at radius 1 is 1.47 bits per heavy atom. The fraction of sp³-hybridized carbons (Fsp3) is 0.462. The van der Waals surface area contributed by atoms with Gasteiger partial charge in [0, 0.05) is 6.20 Å². The summed E-state index contributed by atoms with van der Waals surface area (Å²) < 4.78 is 0. The van der Waals surface area contributed by atoms with E-state index in [2.05, 4.69) is 32.3 Å². The van der Waals surface area contributed by atoms with Crippen molar-refractivity contribution in [2.24, 2.45) is 5.41 Å². The van der Waals surface area contributed by atoms with Gasteiger partial charge in [0.1, 0.15) is 0 Å². The molecule has 0 amide bonds. The van der Waals surface area contributed by atoms with Crippen molar-refractivity contribution in [3.8, 4) is 0 Å². The summed E-state index contributed by atoms with van der Waals surface area (Å²) in [5, 5.41) is 8.97. The second kappa shape index (κ2) is 4.58. The Morgan fingerprint density at radius 2 is 2.13 bits per heavy atom. The molecule has 2 heteroatoms. The average molecular weight is 205 g/mol. The highest BCUT2D eigenvalue weighted by molar-refractivity contribution is 5.60. The first-order valence-electron chi connectivity index (χ1n) is 5.16. The lowest BCUT2D eigenvalue weighted by molar-refractivity contribution is 0.350. The third-order valence-electron chi connectivity index (χ3n) is 2.11. The molecule has 1 rings (SSSR count). The molecule has 0 spiro atoms. The summed E-state index contributed by atoms with van der Waals surface area (Å²) >= 11 is 0. The molecule has 2 nitrogen and oxygen atoms in total. The van der Waals surface area contributed by atoms with E-state index in [-0.39, 0.29) is 12.0 Å². The average Bonchev–Trinajstić information content (AvgIpc) is 2.14. The van der Waals surface area contributed by atoms with Crippen LogP contribution in [0.15, 0.2) is 24.9 Å². The van der Waals surface area contributed by atoms with Gasteiger partial charge in [-0.25, -0.2) is 0 Å². The monoisotopic (exact) mass is 205 g/mol. The maximum Gasteiger partial charge on any atom is 0.0697 e. The van der Waals surface area contributed by atoms with Gasteiger partial charge in [-0.2, -0.15) is 0 Å². The summed E-state index contributed by atoms with van der Waals surface area (Å²) in [4.78, 5) is 4.18. The van der Waals surface area contributed by atoms with Crippen molar-refractivity contribution < 1.29 is 5.11 Å². The number of nitrogens with zero attached hydrogens (tertiary/aromatic N) is 1. The quantitative estimate of drug-likeness (QED) is 0.823. The molecule has 15 heavy (non-hydrogen) atoms. The SMILES string of the molecule is C=C(CO)c1cc(CC(C)(C)C)ccn1. The maximum absolute atomic E-state index is 8.97. The van der Waals surface area contributed by atoms with Gasteiger partial charge in [-0.1, -0.05) is 27.4 Å². The second-order valence-electron chi connectivity index (χ2n) is 5.05. The fourth-order valence-electron chi connectivity index (χ4n) is 1.47. The highest BCUT2D eigenvalue weighted by Crippen LogP contribution is 2.21. The molecule has 82 valence electrons. The van der Waals surface area contributed by atoms with Crippen molar-refractivity contribution in [3.63, 3.8) is 0 Å². The predicted octanol–water partition coefficient (Wildman–Crippen LogP) is 2.68. The van der Waals surface area contributed by atoms with E-state index in [1.165, 1.54) is 5.56 Å². The molecule has 1 heterocycles. The topological polar surface area (TPSA) is 33.1 Å². The minimum atomic E-state index is -0.0357. The second-order valence-corrected chi connectivity index (χ2v) is 5.05. The van der Waals surface area contributed by atoms with Crippen molar-refractivity contribution in [2.45, 2.75) is 27.2 Å². The summed E-state index contributed by atoms with van der Waals surface area (Å²) in [6, 6.07) is 4.02. The third kappa shape index (κ3) is 3.84. The lowest BCUT2D eigenvalue weighted by atomic mass is 9.88. The van der Waals surface area contributed by atoms with Gasteiger partial charge in [0.15, 0.2) is 0 Å². The first-order valence-corrected chi connectivity index (χ1v) is 5.16. The van der Waals surface area contributed by atoms with Crippen LogP contribution in [-0.4, -0.2) is 16.7 Å². The van der Waals surface area contributed by atoms with Crippen molar-refractivity contribution in [1.82, 2.24) is 4.98 Å². The first-order chi connectivity index (χ1) is 6.92. The highest BCUT2D eigenvalue weighted by Gasteiger charge is 2.11. The molecular weight excluding hydrogens is 186 g/mol. The van der Waals surface area contributed by atoms with Gasteiger partial charge in [0.25, 0.3) is 0 Å². The van der Waals surface area contributed by atoms with Crippen molar-refractivity contribution in [1.29, 1.82) is 0 Å². The van der Waals surface area contributed by atoms with Gasteiger partial charge in [-0.05, 0) is 35.1 Å². The van der Waals surface area contributed by atoms with Gasteiger partial charge in [0.2, 0.25) is 0 Å². The maximum atomic E-state index is 8.97. The molecule has 0 aliphatic heterocycles. The molecule has 0 saturated heterocycles. The molecule has 0 atom stereocenters. The number of aliphatic hydroxyl groups excluding tert-OH is 1. The molecule has 0 aromatic carbocycles. The minimum Gasteiger partial charge on any atom is -0.392 e. The zero-order chi connectivity index (χ0) is 11.5. The van der Waals surface area contributed by atoms with Gasteiger partial charge < -0.3 is 5.11 Å². The van der Waals surface area contributed by atoms with Crippen molar-refractivity contribution >= 4 is 5.57 Å². The van der Waals surface area contributed by atoms with Crippen LogP contribution in [0.5, 0.6) is 0 Å². The zero-order valence-corrected chi connectivity index (χ0v) is 9.75. The van der Waals surface area contributed by atoms with E-state index in [1.54, 1.807) is 6.20 Å². The normalized spacial score (nSPS) is 11.5. The van der Waals surface area contributed by atoms with Crippen LogP contribution >= 0.6 is 0 Å². The molecule has 1 aromatic rings. The van der Waals surface area contributed by atoms with Crippen LogP contribution in [0.25, 0.3) is 5.57 Å². The van der Waals surface area contributed by atoms with E-state index in [9.17, 15) is 0 Å². The summed E-state index contributed by atoms with van der Waals surface area (Å²) in [5.41, 5.74) is 2.96. The van der Waals surface area contributed by atoms with E-state index in [0.29, 0.717) is 5.57 Å². The Balaban J connectivity index is 2.88. The van der Waals surface area contributed by atoms with E-state index < -0.39 is 0 Å². The summed E-state index contributed by atoms with van der Waals surface area (Å²) in [6.07, 6.45) is 2.78. The van der Waals surface area contributed by atoms with Gasteiger partial charge in [0.05, 0.1) is 12.3 Å². The highest BCUT2D eigenvalue weighted by atomic mass is 16.3. The number of pyridine rings is 1. The molecule has 0 radical (unpaired) electrons. The zero-order valence-electron chi connectivity index (χ0n) is 9.75. The van der Waals surface area contributed by atoms with Crippen LogP contribution < -0.4 is 0 Å². The molecule has 0 aliphatic rings. The molecule has 0 unspecified atom stereocenters. The van der Waals surface area contributed by atoms with Gasteiger partial charge in [-0.3, -0.25) is 4.98 Å². The molecule has 0 aliphatic carbocycles. The molecule has 0 saturated carbocycles. The van der Waals surface area contributed by atoms with E-state index in [4.69, 9.17) is 5.11 Å². The lowest BCUT2D eigenvalue weighted by Gasteiger charge is -2.18. The molecule has 0 bridgehead atoms. The van der Waals surface area contributed by atoms with Crippen LogP contribution in [0.3, 0.4) is 0 Å². The number of aliphatic hydroxyl groups is 1. The van der Waals surface area contributed by atoms with Crippen molar-refractivity contribution in [2.75, 3.05) is 6.61 Å². The Kier molecular flexibility index (Phi) is 3.64. The minimum absolute atomic E-state index is 0.0357. The molecule has 0 fully saturated rings. The largest absolute Gasteiger partial charge is 0.392 e. The molecule has 1 aromatic heterocycles. The van der Waals surface area contributed by atoms with Crippen LogP contribution in [0, 0.1) is 5.41 Å². The standard InChI is InChI=1S/C13H19NO/c1-10(9-15)12-7-11(5-6-14-12)8-13(2,3)4/h5-7,15H,1,8-9H2,2-4H3. The molecule has 1 N–H and O–H groups in total. The fourth-order valence-corrected chi connectivity index (χ4v) is 1.47. The van der Waals surface area contributed by atoms with E-state index >= 15 is 0 Å². The number of hydrogen-bond acceptors (Lipinski definition) is 2. The first kappa shape index (κ1) is 11.9. The van der Waals surface area contributed by atoms with Crippen LogP contribution in [0.1, 0.15) is 32.0 Å². The summed E-state index contributed by atoms with van der Waals surface area (Å²) in [7, 11) is 0. The molecular formula is C13H19NO. The third-order valence-corrected chi connectivity index (χ3v) is 2.11. The van der Waals surface area contributed by atoms with Crippen molar-refractivity contribution in [3.05, 3.63) is 36.2 Å². The van der Waals surface area contributed by atoms with Gasteiger partial charge >= 0.3 is 0 Å². The predicted molar refractivity (Wildman–Crippen MR) is 63.5 cm³/mol. The van der Waals surface area contributed by atoms with Crippen LogP contribution in [0.2, 0.25) is 0 Å².